The zero-order chi connectivity index (χ0) is 19.1. The maximum Gasteiger partial charge on any atom is 0.227 e. The summed E-state index contributed by atoms with van der Waals surface area (Å²) in [6.07, 6.45) is 2.62. The first-order valence-corrected chi connectivity index (χ1v) is 9.54. The highest BCUT2D eigenvalue weighted by Gasteiger charge is 2.21. The number of nitrogens with zero attached hydrogens (tertiary/aromatic N) is 1. The Morgan fingerprint density at radius 2 is 1.93 bits per heavy atom. The first kappa shape index (κ1) is 19.0. The Labute approximate surface area is 160 Å². The molecule has 5 heteroatoms. The molecule has 1 heterocycles. The highest BCUT2D eigenvalue weighted by Crippen LogP contribution is 2.22. The molecule has 2 amide bonds. The van der Waals surface area contributed by atoms with Crippen LogP contribution in [-0.4, -0.2) is 25.0 Å². The van der Waals surface area contributed by atoms with Crippen molar-refractivity contribution in [2.24, 2.45) is 0 Å². The molecule has 0 unspecified atom stereocenters. The molecule has 5 nitrogen and oxygen atoms in total. The number of anilines is 1. The van der Waals surface area contributed by atoms with Crippen LogP contribution in [0.5, 0.6) is 5.75 Å². The van der Waals surface area contributed by atoms with Gasteiger partial charge >= 0.3 is 0 Å². The minimum atomic E-state index is 0.0140. The molecule has 27 heavy (non-hydrogen) atoms. The monoisotopic (exact) mass is 366 g/mol. The van der Waals surface area contributed by atoms with Crippen molar-refractivity contribution < 1.29 is 14.3 Å². The molecule has 0 aliphatic carbocycles. The minimum Gasteiger partial charge on any atom is -0.494 e. The summed E-state index contributed by atoms with van der Waals surface area (Å²) in [6, 6.07) is 15.7. The van der Waals surface area contributed by atoms with Crippen molar-refractivity contribution in [1.29, 1.82) is 0 Å². The Hall–Kier alpha value is -2.82. The zero-order valence-electron chi connectivity index (χ0n) is 15.7. The summed E-state index contributed by atoms with van der Waals surface area (Å²) in [6.45, 7) is 3.84. The van der Waals surface area contributed by atoms with Crippen molar-refractivity contribution in [3.8, 4) is 5.75 Å². The number of hydrogen-bond acceptors (Lipinski definition) is 3. The van der Waals surface area contributed by atoms with Gasteiger partial charge in [-0.3, -0.25) is 9.59 Å². The molecular formula is C22H26N2O3. The largest absolute Gasteiger partial charge is 0.494 e. The van der Waals surface area contributed by atoms with Gasteiger partial charge < -0.3 is 15.0 Å². The number of hydrogen-bond donors (Lipinski definition) is 1. The molecule has 0 aromatic heterocycles. The number of benzene rings is 2. The van der Waals surface area contributed by atoms with Gasteiger partial charge in [-0.1, -0.05) is 30.3 Å². The quantitative estimate of drug-likeness (QED) is 0.778. The average molecular weight is 366 g/mol. The first-order chi connectivity index (χ1) is 13.2. The van der Waals surface area contributed by atoms with E-state index in [-0.39, 0.29) is 11.8 Å². The fraction of sp³-hybridized carbons (Fsp3) is 0.364. The van der Waals surface area contributed by atoms with E-state index in [1.54, 1.807) is 0 Å². The van der Waals surface area contributed by atoms with E-state index in [2.05, 4.69) is 5.32 Å². The lowest BCUT2D eigenvalue weighted by atomic mass is 10.1. The summed E-state index contributed by atoms with van der Waals surface area (Å²) in [4.78, 5) is 25.8. The van der Waals surface area contributed by atoms with Crippen molar-refractivity contribution in [1.82, 2.24) is 5.32 Å². The summed E-state index contributed by atoms with van der Waals surface area (Å²) < 4.78 is 5.60. The first-order valence-electron chi connectivity index (χ1n) is 9.54. The number of carbonyl (C=O) groups is 2. The van der Waals surface area contributed by atoms with Gasteiger partial charge in [-0.25, -0.2) is 0 Å². The number of aryl methyl sites for hydroxylation is 1. The molecule has 0 atom stereocenters. The Morgan fingerprint density at radius 1 is 1.15 bits per heavy atom. The van der Waals surface area contributed by atoms with Gasteiger partial charge in [-0.05, 0) is 49.1 Å². The molecule has 1 saturated heterocycles. The van der Waals surface area contributed by atoms with E-state index in [0.717, 1.165) is 35.5 Å². The van der Waals surface area contributed by atoms with Crippen molar-refractivity contribution in [2.75, 3.05) is 18.1 Å². The zero-order valence-corrected chi connectivity index (χ0v) is 15.7. The van der Waals surface area contributed by atoms with Gasteiger partial charge in [-0.2, -0.15) is 0 Å². The molecule has 2 aromatic rings. The van der Waals surface area contributed by atoms with Crippen LogP contribution in [0.2, 0.25) is 0 Å². The third kappa shape index (κ3) is 5.09. The fourth-order valence-electron chi connectivity index (χ4n) is 3.26. The maximum atomic E-state index is 12.2. The van der Waals surface area contributed by atoms with Crippen LogP contribution in [0.1, 0.15) is 37.3 Å². The van der Waals surface area contributed by atoms with Crippen LogP contribution in [0.25, 0.3) is 0 Å². The number of ether oxygens (including phenoxy) is 1. The molecule has 0 radical (unpaired) electrons. The van der Waals surface area contributed by atoms with Crippen LogP contribution in [-0.2, 0) is 22.6 Å². The number of amides is 2. The Kier molecular flexibility index (Phi) is 6.47. The van der Waals surface area contributed by atoms with Gasteiger partial charge in [0.2, 0.25) is 11.8 Å². The predicted octanol–water partition coefficient (Wildman–Crippen LogP) is 3.46. The van der Waals surface area contributed by atoms with Crippen LogP contribution in [0.4, 0.5) is 5.69 Å². The summed E-state index contributed by atoms with van der Waals surface area (Å²) >= 11 is 0. The molecule has 0 saturated carbocycles. The van der Waals surface area contributed by atoms with Crippen molar-refractivity contribution in [2.45, 2.75) is 39.2 Å². The lowest BCUT2D eigenvalue weighted by Crippen LogP contribution is -2.24. The van der Waals surface area contributed by atoms with Gasteiger partial charge in [0, 0.05) is 31.6 Å². The highest BCUT2D eigenvalue weighted by atomic mass is 16.5. The molecule has 142 valence electrons. The Bertz CT molecular complexity index is 786. The van der Waals surface area contributed by atoms with Gasteiger partial charge in [0.15, 0.2) is 0 Å². The third-order valence-corrected chi connectivity index (χ3v) is 4.70. The second-order valence-electron chi connectivity index (χ2n) is 6.63. The van der Waals surface area contributed by atoms with Gasteiger partial charge in [-0.15, -0.1) is 0 Å². The second-order valence-corrected chi connectivity index (χ2v) is 6.63. The summed E-state index contributed by atoms with van der Waals surface area (Å²) in [5, 5.41) is 2.96. The van der Waals surface area contributed by atoms with E-state index in [1.165, 1.54) is 0 Å². The standard InChI is InChI=1S/C22H26N2O3/c1-2-27-20-7-4-3-6-18(20)11-14-21(25)23-16-17-9-12-19(13-10-17)24-15-5-8-22(24)26/h3-4,6-7,9-10,12-13H,2,5,8,11,14-16H2,1H3,(H,23,25). The van der Waals surface area contributed by atoms with E-state index < -0.39 is 0 Å². The van der Waals surface area contributed by atoms with Crippen LogP contribution >= 0.6 is 0 Å². The van der Waals surface area contributed by atoms with Crippen molar-refractivity contribution in [3.63, 3.8) is 0 Å². The molecule has 0 spiro atoms. The molecule has 0 bridgehead atoms. The summed E-state index contributed by atoms with van der Waals surface area (Å²) in [7, 11) is 0. The van der Waals surface area contributed by atoms with Gasteiger partial charge in [0.1, 0.15) is 5.75 Å². The highest BCUT2D eigenvalue weighted by molar-refractivity contribution is 5.95. The van der Waals surface area contributed by atoms with E-state index in [9.17, 15) is 9.59 Å². The lowest BCUT2D eigenvalue weighted by Gasteiger charge is -2.16. The lowest BCUT2D eigenvalue weighted by molar-refractivity contribution is -0.121. The Balaban J connectivity index is 1.47. The molecule has 1 aliphatic heterocycles. The van der Waals surface area contributed by atoms with E-state index in [4.69, 9.17) is 4.74 Å². The smallest absolute Gasteiger partial charge is 0.227 e. The van der Waals surface area contributed by atoms with Crippen molar-refractivity contribution in [3.05, 3.63) is 59.7 Å². The topological polar surface area (TPSA) is 58.6 Å². The SMILES string of the molecule is CCOc1ccccc1CCC(=O)NCc1ccc(N2CCCC2=O)cc1. The number of carbonyl (C=O) groups excluding carboxylic acids is 2. The molecule has 2 aromatic carbocycles. The third-order valence-electron chi connectivity index (χ3n) is 4.70. The average Bonchev–Trinajstić information content (AvgIpc) is 3.12. The van der Waals surface area contributed by atoms with Crippen molar-refractivity contribution >= 4 is 17.5 Å². The van der Waals surface area contributed by atoms with Crippen LogP contribution < -0.4 is 15.0 Å². The number of para-hydroxylation sites is 1. The predicted molar refractivity (Wildman–Crippen MR) is 106 cm³/mol. The van der Waals surface area contributed by atoms with Crippen LogP contribution in [0, 0.1) is 0 Å². The summed E-state index contributed by atoms with van der Waals surface area (Å²) in [5.41, 5.74) is 3.00. The van der Waals surface area contributed by atoms with E-state index in [1.807, 2.05) is 60.4 Å². The minimum absolute atomic E-state index is 0.0140. The van der Waals surface area contributed by atoms with Crippen LogP contribution in [0.15, 0.2) is 48.5 Å². The molecule has 3 rings (SSSR count). The Morgan fingerprint density at radius 3 is 2.63 bits per heavy atom. The number of nitrogens with one attached hydrogen (secondary N) is 1. The molecule has 1 aliphatic rings. The van der Waals surface area contributed by atoms with Gasteiger partial charge in [0.05, 0.1) is 6.61 Å². The fourth-order valence-corrected chi connectivity index (χ4v) is 3.26. The maximum absolute atomic E-state index is 12.2. The molecule has 1 fully saturated rings. The van der Waals surface area contributed by atoms with E-state index in [0.29, 0.717) is 32.4 Å². The molecule has 1 N–H and O–H groups in total. The number of rotatable bonds is 8. The second kappa shape index (κ2) is 9.21. The van der Waals surface area contributed by atoms with Gasteiger partial charge in [0.25, 0.3) is 0 Å². The van der Waals surface area contributed by atoms with Crippen LogP contribution in [0.3, 0.4) is 0 Å². The molecular weight excluding hydrogens is 340 g/mol. The normalized spacial score (nSPS) is 13.7. The summed E-state index contributed by atoms with van der Waals surface area (Å²) in [5.74, 6) is 1.04. The van der Waals surface area contributed by atoms with E-state index >= 15 is 0 Å².